The molecule has 1 aliphatic rings. The fourth-order valence-electron chi connectivity index (χ4n) is 1.57. The van der Waals surface area contributed by atoms with Crippen molar-refractivity contribution in [3.05, 3.63) is 16.1 Å². The molecule has 1 fully saturated rings. The highest BCUT2D eigenvalue weighted by Gasteiger charge is 2.27. The van der Waals surface area contributed by atoms with Crippen LogP contribution in [0.25, 0.3) is 0 Å². The highest BCUT2D eigenvalue weighted by atomic mass is 127. The Kier molecular flexibility index (Phi) is 5.84. The third-order valence-electron chi connectivity index (χ3n) is 2.99. The molecule has 1 aromatic rings. The molecule has 0 unspecified atom stereocenters. The Balaban J connectivity index is 0.00000162. The van der Waals surface area contributed by atoms with Gasteiger partial charge in [-0.3, -0.25) is 0 Å². The Morgan fingerprint density at radius 3 is 2.78 bits per heavy atom. The lowest BCUT2D eigenvalue weighted by Crippen LogP contribution is -2.35. The minimum Gasteiger partial charge on any atom is -0.370 e. The summed E-state index contributed by atoms with van der Waals surface area (Å²) in [5.41, 5.74) is 7.07. The Labute approximate surface area is 130 Å². The first-order valence-corrected chi connectivity index (χ1v) is 6.93. The number of nitrogens with two attached hydrogens (primary N) is 1. The second-order valence-electron chi connectivity index (χ2n) is 4.84. The summed E-state index contributed by atoms with van der Waals surface area (Å²) in [5, 5.41) is 3.15. The first-order valence-electron chi connectivity index (χ1n) is 6.05. The number of nitrogens with zero attached hydrogens (tertiary/aromatic N) is 3. The van der Waals surface area contributed by atoms with Gasteiger partial charge in [0.1, 0.15) is 5.01 Å². The van der Waals surface area contributed by atoms with Gasteiger partial charge in [-0.2, -0.15) is 0 Å². The first kappa shape index (κ1) is 15.7. The standard InChI is InChI=1S/C12H20N4S.HI/c1-8(2)10-7-17-11(15-10)6-14-12(13)16(3)9-4-5-9;/h7-9H,4-6H2,1-3H3,(H2,13,14);1H. The summed E-state index contributed by atoms with van der Waals surface area (Å²) in [5.74, 6) is 1.12. The van der Waals surface area contributed by atoms with Crippen molar-refractivity contribution in [2.45, 2.75) is 45.2 Å². The normalized spacial score (nSPS) is 15.7. The quantitative estimate of drug-likeness (QED) is 0.497. The molecular weight excluding hydrogens is 359 g/mol. The maximum absolute atomic E-state index is 5.93. The van der Waals surface area contributed by atoms with Gasteiger partial charge in [-0.05, 0) is 18.8 Å². The zero-order chi connectivity index (χ0) is 12.4. The van der Waals surface area contributed by atoms with E-state index in [-0.39, 0.29) is 24.0 Å². The van der Waals surface area contributed by atoms with E-state index in [9.17, 15) is 0 Å². The zero-order valence-electron chi connectivity index (χ0n) is 11.1. The minimum absolute atomic E-state index is 0. The van der Waals surface area contributed by atoms with Crippen molar-refractivity contribution in [3.63, 3.8) is 0 Å². The van der Waals surface area contributed by atoms with Gasteiger partial charge in [0.05, 0.1) is 12.2 Å². The van der Waals surface area contributed by atoms with Gasteiger partial charge in [0.25, 0.3) is 0 Å². The fraction of sp³-hybridized carbons (Fsp3) is 0.667. The van der Waals surface area contributed by atoms with E-state index in [4.69, 9.17) is 5.73 Å². The number of rotatable bonds is 4. The molecule has 0 spiro atoms. The third-order valence-corrected chi connectivity index (χ3v) is 3.85. The number of hydrogen-bond donors (Lipinski definition) is 1. The molecule has 0 atom stereocenters. The van der Waals surface area contributed by atoms with Crippen molar-refractivity contribution < 1.29 is 0 Å². The van der Waals surface area contributed by atoms with E-state index in [1.165, 1.54) is 12.8 Å². The number of halogens is 1. The van der Waals surface area contributed by atoms with Crippen molar-refractivity contribution in [3.8, 4) is 0 Å². The van der Waals surface area contributed by atoms with Crippen LogP contribution in [0.5, 0.6) is 0 Å². The molecule has 0 aromatic carbocycles. The Hall–Kier alpha value is -0.370. The molecule has 6 heteroatoms. The molecule has 0 radical (unpaired) electrons. The molecule has 0 bridgehead atoms. The van der Waals surface area contributed by atoms with Crippen molar-refractivity contribution in [2.24, 2.45) is 10.7 Å². The van der Waals surface area contributed by atoms with Crippen LogP contribution in [0.15, 0.2) is 10.4 Å². The van der Waals surface area contributed by atoms with Crippen LogP contribution in [0, 0.1) is 0 Å². The molecule has 0 saturated heterocycles. The number of aliphatic imine (C=N–C) groups is 1. The van der Waals surface area contributed by atoms with Gasteiger partial charge in [-0.15, -0.1) is 35.3 Å². The molecule has 0 aliphatic heterocycles. The van der Waals surface area contributed by atoms with Crippen LogP contribution in [0.4, 0.5) is 0 Å². The van der Waals surface area contributed by atoms with E-state index >= 15 is 0 Å². The van der Waals surface area contributed by atoms with Crippen LogP contribution in [-0.2, 0) is 6.54 Å². The second kappa shape index (κ2) is 6.70. The van der Waals surface area contributed by atoms with Crippen LogP contribution in [0.1, 0.15) is 43.3 Å². The third kappa shape index (κ3) is 4.08. The molecule has 1 aliphatic carbocycles. The van der Waals surface area contributed by atoms with Gasteiger partial charge >= 0.3 is 0 Å². The highest BCUT2D eigenvalue weighted by molar-refractivity contribution is 14.0. The maximum atomic E-state index is 5.93. The number of hydrogen-bond acceptors (Lipinski definition) is 3. The van der Waals surface area contributed by atoms with Gasteiger partial charge in [-0.1, -0.05) is 13.8 Å². The smallest absolute Gasteiger partial charge is 0.191 e. The number of guanidine groups is 1. The summed E-state index contributed by atoms with van der Waals surface area (Å²) in [6.07, 6.45) is 2.48. The predicted octanol–water partition coefficient (Wildman–Crippen LogP) is 2.79. The summed E-state index contributed by atoms with van der Waals surface area (Å²) in [4.78, 5) is 11.0. The van der Waals surface area contributed by atoms with E-state index in [2.05, 4.69) is 34.1 Å². The summed E-state index contributed by atoms with van der Waals surface area (Å²) < 4.78 is 0. The molecule has 102 valence electrons. The van der Waals surface area contributed by atoms with Crippen molar-refractivity contribution in [1.82, 2.24) is 9.88 Å². The molecule has 1 heterocycles. The van der Waals surface area contributed by atoms with Crippen LogP contribution >= 0.6 is 35.3 Å². The predicted molar refractivity (Wildman–Crippen MR) is 87.7 cm³/mol. The lowest BCUT2D eigenvalue weighted by atomic mass is 10.2. The van der Waals surface area contributed by atoms with Gasteiger partial charge in [0.2, 0.25) is 0 Å². The van der Waals surface area contributed by atoms with Crippen molar-refractivity contribution in [1.29, 1.82) is 0 Å². The second-order valence-corrected chi connectivity index (χ2v) is 5.78. The van der Waals surface area contributed by atoms with E-state index in [1.54, 1.807) is 11.3 Å². The molecule has 2 N–H and O–H groups in total. The molecule has 18 heavy (non-hydrogen) atoms. The topological polar surface area (TPSA) is 54.5 Å². The monoisotopic (exact) mass is 380 g/mol. The molecule has 0 amide bonds. The molecular formula is C12H21IN4S. The van der Waals surface area contributed by atoms with E-state index in [1.807, 2.05) is 7.05 Å². The van der Waals surface area contributed by atoms with E-state index in [0.29, 0.717) is 24.5 Å². The van der Waals surface area contributed by atoms with Crippen LogP contribution in [0.2, 0.25) is 0 Å². The number of thiazole rings is 1. The van der Waals surface area contributed by atoms with Gasteiger partial charge in [0.15, 0.2) is 5.96 Å². The largest absolute Gasteiger partial charge is 0.370 e. The molecule has 2 rings (SSSR count). The minimum atomic E-state index is 0. The molecule has 4 nitrogen and oxygen atoms in total. The zero-order valence-corrected chi connectivity index (χ0v) is 14.2. The summed E-state index contributed by atoms with van der Waals surface area (Å²) in [6, 6.07) is 0.612. The SMILES string of the molecule is CC(C)c1csc(CN=C(N)N(C)C2CC2)n1.I. The highest BCUT2D eigenvalue weighted by Crippen LogP contribution is 2.25. The van der Waals surface area contributed by atoms with E-state index < -0.39 is 0 Å². The van der Waals surface area contributed by atoms with E-state index in [0.717, 1.165) is 10.7 Å². The van der Waals surface area contributed by atoms with Crippen LogP contribution in [-0.4, -0.2) is 28.9 Å². The Bertz CT molecular complexity index is 412. The fourth-order valence-corrected chi connectivity index (χ4v) is 2.45. The maximum Gasteiger partial charge on any atom is 0.191 e. The van der Waals surface area contributed by atoms with Gasteiger partial charge in [0, 0.05) is 18.5 Å². The Morgan fingerprint density at radius 2 is 2.28 bits per heavy atom. The van der Waals surface area contributed by atoms with Crippen LogP contribution < -0.4 is 5.73 Å². The van der Waals surface area contributed by atoms with Crippen molar-refractivity contribution in [2.75, 3.05) is 7.05 Å². The lowest BCUT2D eigenvalue weighted by Gasteiger charge is -2.16. The molecule has 1 saturated carbocycles. The first-order chi connectivity index (χ1) is 8.08. The van der Waals surface area contributed by atoms with Gasteiger partial charge < -0.3 is 10.6 Å². The summed E-state index contributed by atoms with van der Waals surface area (Å²) >= 11 is 1.66. The average molecular weight is 380 g/mol. The Morgan fingerprint density at radius 1 is 1.61 bits per heavy atom. The average Bonchev–Trinajstić information content (AvgIpc) is 3.03. The molecule has 1 aromatic heterocycles. The lowest BCUT2D eigenvalue weighted by molar-refractivity contribution is 0.487. The number of aromatic nitrogens is 1. The van der Waals surface area contributed by atoms with Gasteiger partial charge in [-0.25, -0.2) is 9.98 Å². The summed E-state index contributed by atoms with van der Waals surface area (Å²) in [6.45, 7) is 4.90. The summed E-state index contributed by atoms with van der Waals surface area (Å²) in [7, 11) is 2.01. The van der Waals surface area contributed by atoms with Crippen LogP contribution in [0.3, 0.4) is 0 Å². The van der Waals surface area contributed by atoms with Crippen molar-refractivity contribution >= 4 is 41.3 Å².